The van der Waals surface area contributed by atoms with Crippen LogP contribution >= 0.6 is 24.0 Å². The molecular weight excluding hydrogens is 451 g/mol. The first kappa shape index (κ1) is 21.6. The van der Waals surface area contributed by atoms with E-state index in [1.165, 1.54) is 83.8 Å². The highest BCUT2D eigenvalue weighted by Gasteiger charge is 2.65. The minimum atomic E-state index is 0. The average molecular weight is 490 g/mol. The lowest BCUT2D eigenvalue weighted by Crippen LogP contribution is -2.69. The highest BCUT2D eigenvalue weighted by atomic mass is 127. The number of ether oxygens (including phenoxy) is 1. The molecule has 2 aliphatic heterocycles. The van der Waals surface area contributed by atoms with Gasteiger partial charge >= 0.3 is 0 Å². The van der Waals surface area contributed by atoms with Gasteiger partial charge in [0.15, 0.2) is 5.96 Å². The molecule has 4 fully saturated rings. The van der Waals surface area contributed by atoms with Gasteiger partial charge in [-0.2, -0.15) is 0 Å². The summed E-state index contributed by atoms with van der Waals surface area (Å²) in [6.07, 6.45) is 13.9. The lowest BCUT2D eigenvalue weighted by atomic mass is 9.54. The molecule has 2 saturated heterocycles. The van der Waals surface area contributed by atoms with Crippen molar-refractivity contribution in [1.82, 2.24) is 15.5 Å². The summed E-state index contributed by atoms with van der Waals surface area (Å²) in [4.78, 5) is 7.16. The first-order valence-electron chi connectivity index (χ1n) is 11.1. The summed E-state index contributed by atoms with van der Waals surface area (Å²) in [7, 11) is 1.91. The lowest BCUT2D eigenvalue weighted by molar-refractivity contribution is -0.125. The Morgan fingerprint density at radius 2 is 1.85 bits per heavy atom. The van der Waals surface area contributed by atoms with E-state index in [4.69, 9.17) is 4.74 Å². The molecule has 2 heterocycles. The highest BCUT2D eigenvalue weighted by molar-refractivity contribution is 14.0. The van der Waals surface area contributed by atoms with E-state index in [0.29, 0.717) is 23.5 Å². The molecule has 2 N–H and O–H groups in total. The number of halogens is 1. The van der Waals surface area contributed by atoms with Gasteiger partial charge < -0.3 is 20.3 Å². The van der Waals surface area contributed by atoms with Crippen molar-refractivity contribution in [1.29, 1.82) is 0 Å². The summed E-state index contributed by atoms with van der Waals surface area (Å²) in [6.45, 7) is 5.77. The zero-order valence-corrected chi connectivity index (χ0v) is 19.4. The summed E-state index contributed by atoms with van der Waals surface area (Å²) in [6, 6.07) is 0.564. The lowest BCUT2D eigenvalue weighted by Gasteiger charge is -2.57. The van der Waals surface area contributed by atoms with Crippen LogP contribution in [-0.2, 0) is 4.74 Å². The zero-order chi connectivity index (χ0) is 17.8. The average Bonchev–Trinajstić information content (AvgIpc) is 3.25. The van der Waals surface area contributed by atoms with Crippen LogP contribution in [0.15, 0.2) is 4.99 Å². The Morgan fingerprint density at radius 1 is 1.11 bits per heavy atom. The normalized spacial score (nSPS) is 33.1. The Kier molecular flexibility index (Phi) is 8.09. The quantitative estimate of drug-likeness (QED) is 0.269. The van der Waals surface area contributed by atoms with Crippen LogP contribution in [0.4, 0.5) is 0 Å². The van der Waals surface area contributed by atoms with E-state index in [2.05, 4.69) is 20.5 Å². The van der Waals surface area contributed by atoms with Crippen molar-refractivity contribution in [3.05, 3.63) is 0 Å². The molecular formula is C21H39IN4O. The number of hydrogen-bond acceptors (Lipinski definition) is 3. The number of aliphatic imine (C=N–C) groups is 1. The Balaban J connectivity index is 0.00000210. The molecule has 3 unspecified atom stereocenters. The van der Waals surface area contributed by atoms with Gasteiger partial charge in [0.25, 0.3) is 0 Å². The van der Waals surface area contributed by atoms with Crippen molar-refractivity contribution in [2.45, 2.75) is 76.4 Å². The number of guanidine groups is 1. The smallest absolute Gasteiger partial charge is 0.191 e. The maximum absolute atomic E-state index is 6.11. The Morgan fingerprint density at radius 3 is 2.56 bits per heavy atom. The number of rotatable bonds is 5. The van der Waals surface area contributed by atoms with E-state index in [1.54, 1.807) is 0 Å². The van der Waals surface area contributed by atoms with Crippen molar-refractivity contribution in [3.63, 3.8) is 0 Å². The largest absolute Gasteiger partial charge is 0.377 e. The van der Waals surface area contributed by atoms with Gasteiger partial charge in [-0.3, -0.25) is 4.99 Å². The molecule has 27 heavy (non-hydrogen) atoms. The Bertz CT molecular complexity index is 487. The minimum Gasteiger partial charge on any atom is -0.377 e. The van der Waals surface area contributed by atoms with Crippen LogP contribution in [0.3, 0.4) is 0 Å². The van der Waals surface area contributed by atoms with Crippen molar-refractivity contribution in [2.24, 2.45) is 16.3 Å². The minimum absolute atomic E-state index is 0. The zero-order valence-electron chi connectivity index (χ0n) is 17.0. The number of likely N-dealkylation sites (tertiary alicyclic amines) is 1. The molecule has 0 aromatic carbocycles. The predicted octanol–water partition coefficient (Wildman–Crippen LogP) is 3.38. The van der Waals surface area contributed by atoms with Crippen LogP contribution in [-0.4, -0.2) is 62.8 Å². The van der Waals surface area contributed by atoms with Gasteiger partial charge in [0.05, 0.1) is 6.10 Å². The number of nitrogens with zero attached hydrogens (tertiary/aromatic N) is 2. The predicted molar refractivity (Wildman–Crippen MR) is 122 cm³/mol. The fourth-order valence-corrected chi connectivity index (χ4v) is 6.12. The summed E-state index contributed by atoms with van der Waals surface area (Å²) in [5.41, 5.74) is 0.394. The second-order valence-electron chi connectivity index (χ2n) is 8.91. The molecule has 2 aliphatic carbocycles. The maximum Gasteiger partial charge on any atom is 0.191 e. The number of hydrogen-bond donors (Lipinski definition) is 2. The molecule has 5 nitrogen and oxygen atoms in total. The van der Waals surface area contributed by atoms with E-state index in [9.17, 15) is 0 Å². The fraction of sp³-hybridized carbons (Fsp3) is 0.952. The third-order valence-corrected chi connectivity index (χ3v) is 7.44. The molecule has 0 amide bonds. The molecule has 3 atom stereocenters. The van der Waals surface area contributed by atoms with Crippen molar-refractivity contribution >= 4 is 29.9 Å². The fourth-order valence-electron chi connectivity index (χ4n) is 6.12. The van der Waals surface area contributed by atoms with E-state index in [-0.39, 0.29) is 24.0 Å². The first-order chi connectivity index (χ1) is 12.8. The van der Waals surface area contributed by atoms with Crippen molar-refractivity contribution < 1.29 is 4.74 Å². The maximum atomic E-state index is 6.11. The van der Waals surface area contributed by atoms with Gasteiger partial charge in [0.1, 0.15) is 0 Å². The molecule has 6 heteroatoms. The molecule has 1 spiro atoms. The number of nitrogens with one attached hydrogen (secondary N) is 2. The number of fused-ring (bicyclic) bond motifs is 2. The van der Waals surface area contributed by atoms with Gasteiger partial charge in [0.2, 0.25) is 0 Å². The SMILES string of the molecule is CN=C(NCCCN1CCCCCC1)NC1C2CCOC2C12CCCC2.I. The molecule has 2 saturated carbocycles. The van der Waals surface area contributed by atoms with E-state index in [0.717, 1.165) is 19.1 Å². The van der Waals surface area contributed by atoms with Gasteiger partial charge in [-0.15, -0.1) is 24.0 Å². The van der Waals surface area contributed by atoms with Crippen LogP contribution in [0.5, 0.6) is 0 Å². The summed E-state index contributed by atoms with van der Waals surface area (Å²) < 4.78 is 6.11. The van der Waals surface area contributed by atoms with Crippen LogP contribution in [0.25, 0.3) is 0 Å². The van der Waals surface area contributed by atoms with Gasteiger partial charge in [-0.25, -0.2) is 0 Å². The second-order valence-corrected chi connectivity index (χ2v) is 8.91. The monoisotopic (exact) mass is 490 g/mol. The third kappa shape index (κ3) is 4.58. The van der Waals surface area contributed by atoms with E-state index < -0.39 is 0 Å². The molecule has 156 valence electrons. The van der Waals surface area contributed by atoms with Crippen molar-refractivity contribution in [2.75, 3.05) is 39.8 Å². The Labute approximate surface area is 182 Å². The molecule has 0 aromatic heterocycles. The van der Waals surface area contributed by atoms with Crippen LogP contribution in [0, 0.1) is 11.3 Å². The summed E-state index contributed by atoms with van der Waals surface area (Å²) >= 11 is 0. The third-order valence-electron chi connectivity index (χ3n) is 7.44. The highest BCUT2D eigenvalue weighted by Crippen LogP contribution is 2.60. The first-order valence-corrected chi connectivity index (χ1v) is 11.1. The molecule has 0 aromatic rings. The summed E-state index contributed by atoms with van der Waals surface area (Å²) in [5, 5.41) is 7.38. The van der Waals surface area contributed by atoms with Crippen LogP contribution in [0.1, 0.15) is 64.2 Å². The second kappa shape index (κ2) is 10.1. The van der Waals surface area contributed by atoms with Gasteiger partial charge in [0, 0.05) is 37.6 Å². The summed E-state index contributed by atoms with van der Waals surface area (Å²) in [5.74, 6) is 1.70. The Hall–Kier alpha value is -0.0800. The van der Waals surface area contributed by atoms with Gasteiger partial charge in [-0.05, 0) is 58.2 Å². The standard InChI is InChI=1S/C21H38N4O.HI/c1-22-20(23-12-8-15-25-13-6-2-3-7-14-25)24-18-17-9-16-26-19(17)21(18)10-4-5-11-21;/h17-19H,2-16H2,1H3,(H2,22,23,24);1H. The van der Waals surface area contributed by atoms with E-state index in [1.807, 2.05) is 7.05 Å². The van der Waals surface area contributed by atoms with Gasteiger partial charge in [-0.1, -0.05) is 25.7 Å². The van der Waals surface area contributed by atoms with E-state index >= 15 is 0 Å². The topological polar surface area (TPSA) is 48.9 Å². The molecule has 0 radical (unpaired) electrons. The molecule has 4 aliphatic rings. The van der Waals surface area contributed by atoms with Crippen molar-refractivity contribution in [3.8, 4) is 0 Å². The molecule has 4 rings (SSSR count). The van der Waals surface area contributed by atoms with Crippen LogP contribution < -0.4 is 10.6 Å². The molecule has 0 bridgehead atoms. The van der Waals surface area contributed by atoms with Crippen LogP contribution in [0.2, 0.25) is 0 Å².